The van der Waals surface area contributed by atoms with Gasteiger partial charge in [-0.15, -0.1) is 0 Å². The summed E-state index contributed by atoms with van der Waals surface area (Å²) in [5.41, 5.74) is 0. The summed E-state index contributed by atoms with van der Waals surface area (Å²) in [6.07, 6.45) is -40.1. The van der Waals surface area contributed by atoms with E-state index in [1.54, 1.807) is 20.8 Å². The molecule has 17 N–H and O–H groups in total. The Hall–Kier alpha value is -3.46. The second kappa shape index (κ2) is 45.3. The summed E-state index contributed by atoms with van der Waals surface area (Å²) < 4.78 is 174. The summed E-state index contributed by atoms with van der Waals surface area (Å²) >= 11 is 0. The highest BCUT2D eigenvalue weighted by atomic mass is 32.3. The van der Waals surface area contributed by atoms with E-state index in [1.165, 1.54) is 0 Å². The molecule has 0 aromatic rings. The zero-order valence-corrected chi connectivity index (χ0v) is 65.6. The topological polar surface area (TPSA) is 614 Å². The van der Waals surface area contributed by atoms with Crippen molar-refractivity contribution in [2.24, 2.45) is 5.92 Å². The van der Waals surface area contributed by atoms with Gasteiger partial charge in [-0.1, -0.05) is 54.4 Å². The van der Waals surface area contributed by atoms with Crippen LogP contribution in [0.4, 0.5) is 0 Å². The number of hydrogen-bond acceptors (Lipinski definition) is 37. The maximum absolute atomic E-state index is 13.4. The molecule has 656 valence electrons. The van der Waals surface area contributed by atoms with Crippen LogP contribution in [0, 0.1) is 5.92 Å². The molecule has 4 amide bonds. The normalized spacial score (nSPS) is 39.5. The molecule has 8 heterocycles. The first-order valence-corrected chi connectivity index (χ1v) is 41.5. The first kappa shape index (κ1) is 95.0. The van der Waals surface area contributed by atoms with Crippen molar-refractivity contribution >= 4 is 44.4 Å². The molecular weight excluding hydrogens is 1560 g/mol. The summed E-state index contributed by atoms with van der Waals surface area (Å²) in [6.45, 7) is 5.52. The van der Waals surface area contributed by atoms with Crippen LogP contribution in [0.2, 0.25) is 0 Å². The van der Waals surface area contributed by atoms with E-state index in [0.717, 1.165) is 25.7 Å². The van der Waals surface area contributed by atoms with Crippen LogP contribution in [0.25, 0.3) is 0 Å². The van der Waals surface area contributed by atoms with Crippen molar-refractivity contribution in [3.05, 3.63) is 0 Å². The number of aliphatic hydroxyl groups excluding tert-OH is 11. The van der Waals surface area contributed by atoms with Gasteiger partial charge in [0.1, 0.15) is 122 Å². The molecule has 0 aliphatic carbocycles. The number of hydrogen-bond donors (Lipinski definition) is 17. The van der Waals surface area contributed by atoms with E-state index in [4.69, 9.17) is 80.0 Å². The average Bonchev–Trinajstić information content (AvgIpc) is 0.792. The second-order valence-electron chi connectivity index (χ2n) is 29.3. The van der Waals surface area contributed by atoms with Gasteiger partial charge in [-0.2, -0.15) is 16.8 Å². The number of ether oxygens (including phenoxy) is 16. The van der Waals surface area contributed by atoms with E-state index in [1.807, 2.05) is 6.92 Å². The monoisotopic (exact) mass is 1680 g/mol. The molecule has 32 atom stereocenters. The number of aliphatic hydroxyl groups is 11. The molecule has 8 fully saturated rings. The number of amides is 4. The zero-order valence-electron chi connectivity index (χ0n) is 64.0. The Morgan fingerprint density at radius 1 is 0.381 bits per heavy atom. The van der Waals surface area contributed by atoms with Gasteiger partial charge in [0, 0.05) is 51.4 Å². The Balaban J connectivity index is 0.909. The fourth-order valence-corrected chi connectivity index (χ4v) is 15.2. The lowest BCUT2D eigenvalue weighted by Gasteiger charge is -2.48. The number of carbonyl (C=O) groups excluding carboxylic acids is 4. The van der Waals surface area contributed by atoms with Crippen molar-refractivity contribution in [1.29, 1.82) is 0 Å². The summed E-state index contributed by atoms with van der Waals surface area (Å²) in [5.74, 6) is -2.11. The van der Waals surface area contributed by atoms with Gasteiger partial charge in [0.2, 0.25) is 23.6 Å². The summed E-state index contributed by atoms with van der Waals surface area (Å²) in [6, 6.07) is -5.88. The van der Waals surface area contributed by atoms with Crippen LogP contribution in [0.3, 0.4) is 0 Å². The van der Waals surface area contributed by atoms with Crippen molar-refractivity contribution < 1.29 is 185 Å². The van der Waals surface area contributed by atoms with Gasteiger partial charge in [-0.3, -0.25) is 28.3 Å². The van der Waals surface area contributed by atoms with E-state index >= 15 is 0 Å². The maximum Gasteiger partial charge on any atom is 0.397 e. The largest absolute Gasteiger partial charge is 0.397 e. The molecule has 8 saturated heterocycles. The van der Waals surface area contributed by atoms with E-state index in [2.05, 4.69) is 39.3 Å². The van der Waals surface area contributed by atoms with Crippen LogP contribution in [-0.2, 0) is 124 Å². The molecule has 0 bridgehead atoms. The van der Waals surface area contributed by atoms with Crippen molar-refractivity contribution in [2.75, 3.05) is 59.5 Å². The molecular formula is C68H118N4O39S2. The molecule has 8 aliphatic heterocycles. The number of carbonyl (C=O) groups is 4. The van der Waals surface area contributed by atoms with Crippen LogP contribution in [-0.4, -0.2) is 362 Å². The van der Waals surface area contributed by atoms with Gasteiger partial charge in [0.05, 0.1) is 83.9 Å². The molecule has 8 aliphatic rings. The van der Waals surface area contributed by atoms with Crippen LogP contribution in [0.5, 0.6) is 0 Å². The van der Waals surface area contributed by atoms with E-state index in [-0.39, 0.29) is 63.4 Å². The average molecular weight is 1680 g/mol. The molecule has 8 rings (SSSR count). The fraction of sp³-hybridized carbons (Fsp3) is 0.941. The SMILES string of the molecule is CCCC(=O)NC1C(O[C@@H]2CO[C@@H](O[C@@H]3C(CO)O[C@@H](OC4CO[C@@H](O[C@@H]5C(CO)O[C@@H](OCC(CCC)CCC)C(NC(=O)CCC)[C@H]5O)C[C@@H]4O)C(NC(=O)CCC)[C@H]3O)C[C@@H]2O)OC(COS(=O)(=O)O)[C@@H](O[C@H]2C[C@H](O)[C@H](O[C@@H]3OC(COS(=O)(=O)O)[C@@H](O[C@H]4C[C@H](O)[C@H](O)CO4)[C@H](O)C3NC(=O)CCC)CO2)[C@@H]1O. The quantitative estimate of drug-likeness (QED) is 0.0255. The minimum Gasteiger partial charge on any atom is -0.394 e. The lowest BCUT2D eigenvalue weighted by atomic mass is 9.95. The highest BCUT2D eigenvalue weighted by molar-refractivity contribution is 7.81. The maximum atomic E-state index is 13.4. The van der Waals surface area contributed by atoms with Crippen molar-refractivity contribution in [2.45, 2.75) is 341 Å². The lowest BCUT2D eigenvalue weighted by molar-refractivity contribution is -0.352. The Labute approximate surface area is 654 Å². The molecule has 43 nitrogen and oxygen atoms in total. The Kier molecular flexibility index (Phi) is 38.1. The molecule has 0 aromatic heterocycles. The predicted molar refractivity (Wildman–Crippen MR) is 376 cm³/mol. The molecule has 45 heteroatoms. The van der Waals surface area contributed by atoms with Crippen LogP contribution < -0.4 is 21.3 Å². The third-order valence-electron chi connectivity index (χ3n) is 20.3. The highest BCUT2D eigenvalue weighted by Crippen LogP contribution is 2.38. The minimum atomic E-state index is -5.29. The van der Waals surface area contributed by atoms with Crippen LogP contribution >= 0.6 is 0 Å². The molecule has 0 radical (unpaired) electrons. The van der Waals surface area contributed by atoms with Crippen LogP contribution in [0.15, 0.2) is 0 Å². The smallest absolute Gasteiger partial charge is 0.394 e. The second-order valence-corrected chi connectivity index (χ2v) is 31.5. The van der Waals surface area contributed by atoms with Gasteiger partial charge in [0.15, 0.2) is 50.3 Å². The third kappa shape index (κ3) is 27.5. The van der Waals surface area contributed by atoms with Gasteiger partial charge in [-0.25, -0.2) is 8.37 Å². The molecule has 0 spiro atoms. The number of rotatable bonds is 41. The highest BCUT2D eigenvalue weighted by Gasteiger charge is 2.56. The van der Waals surface area contributed by atoms with Crippen molar-refractivity contribution in [1.82, 2.24) is 21.3 Å². The standard InChI is InChI=1S/C68H118N4O39S2/c1-7-13-32(14-8-2)25-98-65-53(69-45(80)15-9-3)57(84)61(38(23-73)101-65)108-50-20-34(76)40(27-95-50)103-66-54(70-46(81)16-10-4)58(85)62(39(24-74)102-66)109-51-21-35(77)41(28-96-51)104-68-56(72-48(83)18-12-6)60(87)64(44(107-68)31-100-113(91,92)93)111-52-22-36(78)42(29-97-52)105-67-55(71-47(82)17-11-5)59(86)63(43(106-67)30-99-112(88,89)90)110-49-19-33(75)37(79)26-94-49/h32-44,49-68,73-79,84-87H,7-31H2,1-6H3,(H,69,80)(H,70,81)(H,71,82)(H,72,83)(H,88,89,90)(H,91,92,93)/t33-,34-,35-,36-,37+,38?,39?,40?,41+,42+,43?,44?,49-,50-,51-,52-,53?,54?,55?,56?,57+,58+,59+,60+,61+,62+,63+,64+,65+,66-,67+,68?/m0/s1. The van der Waals surface area contributed by atoms with Crippen molar-refractivity contribution in [3.63, 3.8) is 0 Å². The van der Waals surface area contributed by atoms with E-state index in [0.29, 0.717) is 19.3 Å². The van der Waals surface area contributed by atoms with Gasteiger partial charge in [-0.05, 0) is 44.4 Å². The third-order valence-corrected chi connectivity index (χ3v) is 21.2. The number of nitrogens with one attached hydrogen (secondary N) is 4. The van der Waals surface area contributed by atoms with E-state index < -0.39 is 301 Å². The van der Waals surface area contributed by atoms with E-state index in [9.17, 15) is 101 Å². The molecule has 113 heavy (non-hydrogen) atoms. The Morgan fingerprint density at radius 2 is 0.664 bits per heavy atom. The van der Waals surface area contributed by atoms with Crippen LogP contribution in [0.1, 0.15) is 144 Å². The molecule has 10 unspecified atom stereocenters. The molecule has 0 saturated carbocycles. The Bertz CT molecular complexity index is 3120. The van der Waals surface area contributed by atoms with Gasteiger partial charge < -0.3 is 153 Å². The molecule has 0 aromatic carbocycles. The first-order valence-electron chi connectivity index (χ1n) is 38.8. The summed E-state index contributed by atoms with van der Waals surface area (Å²) in [4.78, 5) is 52.9. The van der Waals surface area contributed by atoms with Crippen molar-refractivity contribution in [3.8, 4) is 0 Å². The minimum absolute atomic E-state index is 0.0385. The Morgan fingerprint density at radius 3 is 0.947 bits per heavy atom. The lowest BCUT2D eigenvalue weighted by Crippen LogP contribution is -2.68. The fourth-order valence-electron chi connectivity index (χ4n) is 14.5. The first-order chi connectivity index (χ1) is 53.7. The van der Waals surface area contributed by atoms with Gasteiger partial charge in [0.25, 0.3) is 0 Å². The predicted octanol–water partition coefficient (Wildman–Crippen LogP) is -5.19. The van der Waals surface area contributed by atoms with Gasteiger partial charge >= 0.3 is 20.8 Å². The summed E-state index contributed by atoms with van der Waals surface area (Å²) in [7, 11) is -10.5. The zero-order chi connectivity index (χ0) is 82.6. The summed E-state index contributed by atoms with van der Waals surface area (Å²) in [5, 5.41) is 136.